The number of carbonyl (C=O) groups is 1. The predicted octanol–water partition coefficient (Wildman–Crippen LogP) is 2.51. The lowest BCUT2D eigenvalue weighted by Gasteiger charge is -2.08. The van der Waals surface area contributed by atoms with Gasteiger partial charge < -0.3 is 0 Å². The third kappa shape index (κ3) is 1.13. The molecule has 0 bridgehead atoms. The van der Waals surface area contributed by atoms with Gasteiger partial charge in [-0.3, -0.25) is 0 Å². The van der Waals surface area contributed by atoms with E-state index >= 15 is 0 Å². The molecule has 1 saturated heterocycles. The van der Waals surface area contributed by atoms with Crippen LogP contribution in [0.2, 0.25) is 0 Å². The molecule has 0 radical (unpaired) electrons. The average molecular weight is 280 g/mol. The molecule has 1 saturated carbocycles. The van der Waals surface area contributed by atoms with Gasteiger partial charge in [-0.15, -0.1) is 0 Å². The van der Waals surface area contributed by atoms with Gasteiger partial charge in [0, 0.05) is 0 Å². The number of carbonyl (C=O) groups excluding carboxylic acids is 1. The predicted molar refractivity (Wildman–Crippen MR) is 53.6 cm³/mol. The zero-order valence-electron chi connectivity index (χ0n) is 7.53. The van der Waals surface area contributed by atoms with E-state index in [1.165, 1.54) is 0 Å². The van der Waals surface area contributed by atoms with Gasteiger partial charge in [-0.05, 0) is 35.7 Å². The highest BCUT2D eigenvalue weighted by Crippen LogP contribution is 2.79. The third-order valence-electron chi connectivity index (χ3n) is 2.57. The van der Waals surface area contributed by atoms with E-state index in [-0.39, 0.29) is 11.6 Å². The van der Waals surface area contributed by atoms with E-state index in [9.17, 15) is 4.79 Å². The Balaban J connectivity index is 1.91. The lowest BCUT2D eigenvalue weighted by molar-refractivity contribution is -0.135. The highest BCUT2D eigenvalue weighted by molar-refractivity contribution is 9.11. The minimum absolute atomic E-state index is 0.224. The molecular weight excluding hydrogens is 271 g/mol. The lowest BCUT2D eigenvalue weighted by Crippen LogP contribution is -2.09. The van der Waals surface area contributed by atoms with E-state index in [4.69, 9.17) is 13.6 Å². The van der Waals surface area contributed by atoms with Gasteiger partial charge in [0.25, 0.3) is 0 Å². The van der Waals surface area contributed by atoms with Crippen molar-refractivity contribution in [3.05, 3.63) is 10.3 Å². The molecule has 14 heavy (non-hydrogen) atoms. The summed E-state index contributed by atoms with van der Waals surface area (Å²) in [6.45, 7) is 1.68. The summed E-state index contributed by atoms with van der Waals surface area (Å²) in [5.41, 5.74) is -0.224. The van der Waals surface area contributed by atoms with Crippen molar-refractivity contribution in [1.29, 1.82) is 0 Å². The van der Waals surface area contributed by atoms with Crippen LogP contribution in [0.4, 0.5) is 0 Å². The highest BCUT2D eigenvalue weighted by atomic mass is 79.9. The Morgan fingerprint density at radius 2 is 2.36 bits per heavy atom. The highest BCUT2D eigenvalue weighted by Gasteiger charge is 2.71. The molecule has 2 aliphatic heterocycles. The standard InChI is InChI=1S/C8H9BrO4P/c1-5-7(10)12-14(11-5)4-6(9)8(13-14)2-3-8/h4-5H,2-3H2,1H3/q+1. The second-order valence-electron chi connectivity index (χ2n) is 3.76. The van der Waals surface area contributed by atoms with E-state index in [1.54, 1.807) is 12.7 Å². The lowest BCUT2D eigenvalue weighted by atomic mass is 10.3. The summed E-state index contributed by atoms with van der Waals surface area (Å²) in [6.07, 6.45) is 1.44. The molecule has 3 aliphatic rings. The monoisotopic (exact) mass is 279 g/mol. The van der Waals surface area contributed by atoms with Gasteiger partial charge >= 0.3 is 13.9 Å². The molecule has 4 nitrogen and oxygen atoms in total. The normalized spacial score (nSPS) is 43.1. The van der Waals surface area contributed by atoms with Crippen LogP contribution >= 0.6 is 23.9 Å². The van der Waals surface area contributed by atoms with E-state index in [1.807, 2.05) is 0 Å². The number of halogens is 1. The fourth-order valence-electron chi connectivity index (χ4n) is 1.60. The summed E-state index contributed by atoms with van der Waals surface area (Å²) in [5, 5.41) is 0. The van der Waals surface area contributed by atoms with E-state index in [2.05, 4.69) is 15.9 Å². The summed E-state index contributed by atoms with van der Waals surface area (Å²) < 4.78 is 17.4. The Morgan fingerprint density at radius 1 is 1.64 bits per heavy atom. The molecule has 2 fully saturated rings. The number of hydrogen-bond acceptors (Lipinski definition) is 4. The van der Waals surface area contributed by atoms with Gasteiger partial charge in [0.2, 0.25) is 6.10 Å². The summed E-state index contributed by atoms with van der Waals surface area (Å²) >= 11 is 3.44. The topological polar surface area (TPSA) is 44.8 Å². The van der Waals surface area contributed by atoms with Gasteiger partial charge in [-0.25, -0.2) is 9.32 Å². The summed E-state index contributed by atoms with van der Waals surface area (Å²) in [5.74, 6) is 1.48. The number of hydrogen-bond donors (Lipinski definition) is 0. The maximum absolute atomic E-state index is 11.2. The first-order chi connectivity index (χ1) is 6.55. The van der Waals surface area contributed by atoms with Crippen LogP contribution in [0.5, 0.6) is 0 Å². The molecule has 6 heteroatoms. The van der Waals surface area contributed by atoms with Gasteiger partial charge in [-0.1, -0.05) is 0 Å². The quantitative estimate of drug-likeness (QED) is 0.639. The Kier molecular flexibility index (Phi) is 1.71. The molecule has 1 aliphatic carbocycles. The molecular formula is C8H9BrO4P+. The van der Waals surface area contributed by atoms with Gasteiger partial charge in [0.1, 0.15) is 0 Å². The van der Waals surface area contributed by atoms with Crippen LogP contribution in [0, 0.1) is 0 Å². The van der Waals surface area contributed by atoms with Crippen molar-refractivity contribution in [2.45, 2.75) is 31.5 Å². The molecule has 0 amide bonds. The van der Waals surface area contributed by atoms with Gasteiger partial charge in [0.15, 0.2) is 11.4 Å². The maximum atomic E-state index is 11.2. The average Bonchev–Trinajstić information content (AvgIpc) is 2.72. The largest absolute Gasteiger partial charge is 0.492 e. The van der Waals surface area contributed by atoms with E-state index < -0.39 is 14.0 Å². The minimum atomic E-state index is -2.48. The van der Waals surface area contributed by atoms with Crippen molar-refractivity contribution >= 4 is 29.8 Å². The first kappa shape index (κ1) is 9.28. The number of rotatable bonds is 0. The molecule has 3 rings (SSSR count). The van der Waals surface area contributed by atoms with E-state index in [0.717, 1.165) is 17.3 Å². The van der Waals surface area contributed by atoms with Crippen molar-refractivity contribution in [2.75, 3.05) is 0 Å². The first-order valence-electron chi connectivity index (χ1n) is 4.45. The van der Waals surface area contributed by atoms with Crippen LogP contribution in [0.25, 0.3) is 0 Å². The van der Waals surface area contributed by atoms with Crippen LogP contribution < -0.4 is 0 Å². The molecule has 0 aromatic carbocycles. The second kappa shape index (κ2) is 2.59. The van der Waals surface area contributed by atoms with Crippen LogP contribution in [0.15, 0.2) is 10.3 Å². The SMILES string of the molecule is CC1O[P+]2(C=C(Br)C3(CC3)O2)OC1=O. The zero-order valence-corrected chi connectivity index (χ0v) is 10.0. The molecule has 0 N–H and O–H groups in total. The summed E-state index contributed by atoms with van der Waals surface area (Å²) in [4.78, 5) is 11.2. The van der Waals surface area contributed by atoms with Crippen molar-refractivity contribution < 1.29 is 18.4 Å². The van der Waals surface area contributed by atoms with Crippen molar-refractivity contribution in [3.63, 3.8) is 0 Å². The molecule has 2 spiro atoms. The van der Waals surface area contributed by atoms with Crippen LogP contribution in [-0.2, 0) is 18.4 Å². The molecule has 76 valence electrons. The van der Waals surface area contributed by atoms with Crippen molar-refractivity contribution in [1.82, 2.24) is 0 Å². The third-order valence-corrected chi connectivity index (χ3v) is 6.10. The first-order valence-corrected chi connectivity index (χ1v) is 6.86. The minimum Gasteiger partial charge on any atom is -0.244 e. The molecule has 0 aromatic rings. The molecule has 2 atom stereocenters. The Labute approximate surface area is 90.3 Å². The summed E-state index contributed by atoms with van der Waals surface area (Å²) in [7, 11) is -2.48. The van der Waals surface area contributed by atoms with Crippen LogP contribution in [0.3, 0.4) is 0 Å². The smallest absolute Gasteiger partial charge is 0.244 e. The fourth-order valence-corrected chi connectivity index (χ4v) is 5.45. The second-order valence-corrected chi connectivity index (χ2v) is 6.53. The van der Waals surface area contributed by atoms with Gasteiger partial charge in [0.05, 0.1) is 4.48 Å². The van der Waals surface area contributed by atoms with Crippen molar-refractivity contribution in [3.8, 4) is 0 Å². The fraction of sp³-hybridized carbons (Fsp3) is 0.625. The maximum Gasteiger partial charge on any atom is 0.492 e. The Morgan fingerprint density at radius 3 is 2.79 bits per heavy atom. The van der Waals surface area contributed by atoms with Crippen molar-refractivity contribution in [2.24, 2.45) is 0 Å². The Bertz CT molecular complexity index is 351. The molecule has 2 heterocycles. The van der Waals surface area contributed by atoms with E-state index in [0.29, 0.717) is 0 Å². The Hall–Kier alpha value is 0.0400. The summed E-state index contributed by atoms with van der Waals surface area (Å²) in [6, 6.07) is 0. The van der Waals surface area contributed by atoms with Crippen LogP contribution in [-0.4, -0.2) is 17.7 Å². The van der Waals surface area contributed by atoms with Gasteiger partial charge in [-0.2, -0.15) is 9.05 Å². The zero-order chi connectivity index (χ0) is 9.97. The molecule has 0 aromatic heterocycles. The van der Waals surface area contributed by atoms with Crippen LogP contribution in [0.1, 0.15) is 19.8 Å². The molecule has 2 unspecified atom stereocenters.